The maximum atomic E-state index is 8.80. The van der Waals surface area contributed by atoms with Gasteiger partial charge in [0.1, 0.15) is 11.8 Å². The van der Waals surface area contributed by atoms with Crippen molar-refractivity contribution in [3.8, 4) is 17.7 Å². The minimum Gasteiger partial charge on any atom is -0.384 e. The maximum Gasteiger partial charge on any atom is 0.274 e. The van der Waals surface area contributed by atoms with Gasteiger partial charge in [0.15, 0.2) is 5.82 Å². The van der Waals surface area contributed by atoms with Crippen LogP contribution in [-0.4, -0.2) is 28.4 Å². The number of nitrogens with zero attached hydrogens (tertiary/aromatic N) is 4. The summed E-state index contributed by atoms with van der Waals surface area (Å²) in [6.45, 7) is 0.551. The Morgan fingerprint density at radius 2 is 2.41 bits per heavy atom. The second-order valence-corrected chi connectivity index (χ2v) is 3.60. The number of aryl methyl sites for hydroxylation is 1. The van der Waals surface area contributed by atoms with Gasteiger partial charge >= 0.3 is 0 Å². The fourth-order valence-corrected chi connectivity index (χ4v) is 1.49. The third-order valence-corrected chi connectivity index (χ3v) is 2.35. The molecule has 0 radical (unpaired) electrons. The van der Waals surface area contributed by atoms with Gasteiger partial charge in [0, 0.05) is 26.8 Å². The van der Waals surface area contributed by atoms with Crippen LogP contribution in [-0.2, 0) is 18.2 Å². The molecule has 0 spiro atoms. The van der Waals surface area contributed by atoms with E-state index < -0.39 is 0 Å². The third kappa shape index (κ3) is 2.34. The lowest BCUT2D eigenvalue weighted by molar-refractivity contribution is 0.199. The molecule has 2 heterocycles. The van der Waals surface area contributed by atoms with Crippen LogP contribution in [0.1, 0.15) is 11.4 Å². The zero-order valence-corrected chi connectivity index (χ0v) is 9.67. The average Bonchev–Trinajstić information content (AvgIpc) is 2.92. The van der Waals surface area contributed by atoms with E-state index in [1.54, 1.807) is 23.9 Å². The SMILES string of the molecule is COCCc1noc(-c2cc(C#N)cn2C)n1. The van der Waals surface area contributed by atoms with Gasteiger partial charge in [0.05, 0.1) is 12.2 Å². The highest BCUT2D eigenvalue weighted by Gasteiger charge is 2.13. The van der Waals surface area contributed by atoms with Gasteiger partial charge in [-0.3, -0.25) is 0 Å². The van der Waals surface area contributed by atoms with Crippen LogP contribution in [0.2, 0.25) is 0 Å². The number of hydrogen-bond donors (Lipinski definition) is 0. The lowest BCUT2D eigenvalue weighted by Crippen LogP contribution is -1.96. The average molecular weight is 232 g/mol. The van der Waals surface area contributed by atoms with Gasteiger partial charge in [-0.1, -0.05) is 5.16 Å². The zero-order chi connectivity index (χ0) is 12.3. The molecule has 0 unspecified atom stereocenters. The molecule has 0 fully saturated rings. The van der Waals surface area contributed by atoms with E-state index in [9.17, 15) is 0 Å². The van der Waals surface area contributed by atoms with Crippen molar-refractivity contribution in [2.75, 3.05) is 13.7 Å². The fraction of sp³-hybridized carbons (Fsp3) is 0.364. The molecule has 0 aromatic carbocycles. The van der Waals surface area contributed by atoms with E-state index in [1.165, 1.54) is 0 Å². The number of methoxy groups -OCH3 is 1. The molecule has 2 rings (SSSR count). The first-order valence-corrected chi connectivity index (χ1v) is 5.13. The van der Waals surface area contributed by atoms with Gasteiger partial charge < -0.3 is 13.8 Å². The highest BCUT2D eigenvalue weighted by Crippen LogP contribution is 2.19. The number of rotatable bonds is 4. The summed E-state index contributed by atoms with van der Waals surface area (Å²) in [6.07, 6.45) is 2.32. The Balaban J connectivity index is 2.24. The highest BCUT2D eigenvalue weighted by atomic mass is 16.5. The van der Waals surface area contributed by atoms with Crippen molar-refractivity contribution in [2.45, 2.75) is 6.42 Å². The first kappa shape index (κ1) is 11.4. The summed E-state index contributed by atoms with van der Waals surface area (Å²) in [7, 11) is 3.45. The van der Waals surface area contributed by atoms with Crippen LogP contribution in [0.25, 0.3) is 11.6 Å². The molecular formula is C11H12N4O2. The van der Waals surface area contributed by atoms with Gasteiger partial charge in [-0.2, -0.15) is 10.2 Å². The Labute approximate surface area is 98.4 Å². The van der Waals surface area contributed by atoms with Crippen molar-refractivity contribution in [1.82, 2.24) is 14.7 Å². The second-order valence-electron chi connectivity index (χ2n) is 3.60. The van der Waals surface area contributed by atoms with Crippen LogP contribution in [0.4, 0.5) is 0 Å². The smallest absolute Gasteiger partial charge is 0.274 e. The summed E-state index contributed by atoms with van der Waals surface area (Å²) in [6, 6.07) is 3.78. The van der Waals surface area contributed by atoms with Crippen LogP contribution in [0.15, 0.2) is 16.8 Å². The van der Waals surface area contributed by atoms with Crippen molar-refractivity contribution < 1.29 is 9.26 Å². The summed E-state index contributed by atoms with van der Waals surface area (Å²) >= 11 is 0. The van der Waals surface area contributed by atoms with E-state index in [2.05, 4.69) is 16.2 Å². The number of aromatic nitrogens is 3. The quantitative estimate of drug-likeness (QED) is 0.789. The summed E-state index contributed by atoms with van der Waals surface area (Å²) in [4.78, 5) is 4.24. The van der Waals surface area contributed by atoms with Crippen molar-refractivity contribution >= 4 is 0 Å². The Morgan fingerprint density at radius 3 is 3.06 bits per heavy atom. The predicted molar refractivity (Wildman–Crippen MR) is 59.0 cm³/mol. The summed E-state index contributed by atoms with van der Waals surface area (Å²) < 4.78 is 11.9. The van der Waals surface area contributed by atoms with Gasteiger partial charge in [-0.05, 0) is 6.07 Å². The predicted octanol–water partition coefficient (Wildman–Crippen LogP) is 1.14. The van der Waals surface area contributed by atoms with Crippen LogP contribution in [0.3, 0.4) is 0 Å². The Bertz CT molecular complexity index is 550. The van der Waals surface area contributed by atoms with Crippen molar-refractivity contribution in [2.24, 2.45) is 7.05 Å². The molecule has 0 amide bonds. The molecule has 0 aliphatic heterocycles. The Hall–Kier alpha value is -2.13. The Morgan fingerprint density at radius 1 is 1.59 bits per heavy atom. The van der Waals surface area contributed by atoms with Crippen molar-refractivity contribution in [1.29, 1.82) is 5.26 Å². The van der Waals surface area contributed by atoms with E-state index in [1.807, 2.05) is 7.05 Å². The number of ether oxygens (including phenoxy) is 1. The molecule has 0 saturated heterocycles. The number of nitriles is 1. The molecule has 88 valence electrons. The van der Waals surface area contributed by atoms with E-state index >= 15 is 0 Å². The molecule has 0 N–H and O–H groups in total. The topological polar surface area (TPSA) is 76.9 Å². The fourth-order valence-electron chi connectivity index (χ4n) is 1.49. The van der Waals surface area contributed by atoms with Gasteiger partial charge in [-0.25, -0.2) is 0 Å². The molecule has 0 aliphatic rings. The largest absolute Gasteiger partial charge is 0.384 e. The Kier molecular flexibility index (Phi) is 3.21. The van der Waals surface area contributed by atoms with Crippen LogP contribution < -0.4 is 0 Å². The van der Waals surface area contributed by atoms with E-state index in [4.69, 9.17) is 14.5 Å². The monoisotopic (exact) mass is 232 g/mol. The third-order valence-electron chi connectivity index (χ3n) is 2.35. The van der Waals surface area contributed by atoms with Crippen molar-refractivity contribution in [3.63, 3.8) is 0 Å². The highest BCUT2D eigenvalue weighted by molar-refractivity contribution is 5.52. The van der Waals surface area contributed by atoms with E-state index in [-0.39, 0.29) is 0 Å². The molecule has 0 aliphatic carbocycles. The molecular weight excluding hydrogens is 220 g/mol. The zero-order valence-electron chi connectivity index (χ0n) is 9.67. The minimum atomic E-state index is 0.417. The molecule has 0 saturated carbocycles. The lowest BCUT2D eigenvalue weighted by atomic mass is 10.3. The van der Waals surface area contributed by atoms with Crippen LogP contribution in [0, 0.1) is 11.3 Å². The van der Waals surface area contributed by atoms with Gasteiger partial charge in [-0.15, -0.1) is 0 Å². The van der Waals surface area contributed by atoms with Crippen molar-refractivity contribution in [3.05, 3.63) is 23.7 Å². The molecule has 17 heavy (non-hydrogen) atoms. The standard InChI is InChI=1S/C11H12N4O2/c1-15-7-8(6-12)5-9(15)11-13-10(14-17-11)3-4-16-2/h5,7H,3-4H2,1-2H3. The molecule has 0 bridgehead atoms. The first-order valence-electron chi connectivity index (χ1n) is 5.13. The van der Waals surface area contributed by atoms with Crippen LogP contribution in [0.5, 0.6) is 0 Å². The summed E-state index contributed by atoms with van der Waals surface area (Å²) in [5.41, 5.74) is 1.30. The normalized spacial score (nSPS) is 10.4. The van der Waals surface area contributed by atoms with E-state index in [0.717, 1.165) is 5.69 Å². The second kappa shape index (κ2) is 4.80. The maximum absolute atomic E-state index is 8.80. The van der Waals surface area contributed by atoms with E-state index in [0.29, 0.717) is 30.3 Å². The molecule has 6 nitrogen and oxygen atoms in total. The number of hydrogen-bond acceptors (Lipinski definition) is 5. The minimum absolute atomic E-state index is 0.417. The van der Waals surface area contributed by atoms with Gasteiger partial charge in [0.25, 0.3) is 5.89 Å². The first-order chi connectivity index (χ1) is 8.24. The van der Waals surface area contributed by atoms with Crippen LogP contribution >= 0.6 is 0 Å². The molecule has 6 heteroatoms. The summed E-state index contributed by atoms with van der Waals surface area (Å²) in [5.74, 6) is 1.02. The van der Waals surface area contributed by atoms with Gasteiger partial charge in [0.2, 0.25) is 0 Å². The molecule has 2 aromatic heterocycles. The molecule has 2 aromatic rings. The lowest BCUT2D eigenvalue weighted by Gasteiger charge is -1.94. The summed E-state index contributed by atoms with van der Waals surface area (Å²) in [5, 5.41) is 12.6. The molecule has 0 atom stereocenters.